The first kappa shape index (κ1) is 23.7. The first-order chi connectivity index (χ1) is 14.1. The van der Waals surface area contributed by atoms with Crippen LogP contribution < -0.4 is 4.74 Å². The molecule has 1 N–H and O–H groups in total. The molecule has 29 heavy (non-hydrogen) atoms. The van der Waals surface area contributed by atoms with Crippen LogP contribution in [-0.4, -0.2) is 47.2 Å². The average molecular weight is 423 g/mol. The minimum absolute atomic E-state index is 0.104. The molecule has 1 aromatic carbocycles. The van der Waals surface area contributed by atoms with E-state index in [0.29, 0.717) is 36.2 Å². The van der Waals surface area contributed by atoms with Crippen molar-refractivity contribution in [1.29, 1.82) is 0 Å². The number of carbonyl (C=O) groups excluding carboxylic acids is 2. The number of carbonyl (C=O) groups is 2. The molecule has 5 nitrogen and oxygen atoms in total. The van der Waals surface area contributed by atoms with Crippen LogP contribution in [0.15, 0.2) is 30.3 Å². The van der Waals surface area contributed by atoms with Gasteiger partial charge in [0.1, 0.15) is 18.1 Å². The lowest BCUT2D eigenvalue weighted by Gasteiger charge is -2.20. The Hall–Kier alpha value is -1.53. The van der Waals surface area contributed by atoms with Gasteiger partial charge in [0, 0.05) is 29.8 Å². The van der Waals surface area contributed by atoms with Gasteiger partial charge in [-0.05, 0) is 38.3 Å². The molecule has 0 aromatic heterocycles. The summed E-state index contributed by atoms with van der Waals surface area (Å²) in [5, 5.41) is 10.5. The van der Waals surface area contributed by atoms with Crippen molar-refractivity contribution >= 4 is 23.5 Å². The summed E-state index contributed by atoms with van der Waals surface area (Å²) in [6.45, 7) is 2.53. The van der Waals surface area contributed by atoms with Crippen molar-refractivity contribution in [2.24, 2.45) is 5.92 Å². The van der Waals surface area contributed by atoms with Gasteiger partial charge >= 0.3 is 5.97 Å². The molecule has 3 atom stereocenters. The molecule has 162 valence electrons. The van der Waals surface area contributed by atoms with Crippen LogP contribution in [0.5, 0.6) is 5.75 Å². The number of benzene rings is 1. The van der Waals surface area contributed by atoms with E-state index in [0.717, 1.165) is 44.3 Å². The zero-order valence-electron chi connectivity index (χ0n) is 17.4. The third-order valence-electron chi connectivity index (χ3n) is 5.18. The Bertz CT molecular complexity index is 607. The molecule has 0 amide bonds. The maximum Gasteiger partial charge on any atom is 0.305 e. The van der Waals surface area contributed by atoms with Crippen molar-refractivity contribution in [3.05, 3.63) is 30.3 Å². The molecule has 1 aliphatic rings. The molecule has 1 fully saturated rings. The summed E-state index contributed by atoms with van der Waals surface area (Å²) >= 11 is 1.70. The number of Topliss-reactive ketones (excluding diaryl/α,β-unsaturated/α-hetero) is 1. The third kappa shape index (κ3) is 9.22. The minimum atomic E-state index is -0.542. The van der Waals surface area contributed by atoms with Gasteiger partial charge in [-0.15, -0.1) is 0 Å². The van der Waals surface area contributed by atoms with E-state index in [2.05, 4.69) is 0 Å². The maximum absolute atomic E-state index is 12.3. The quantitative estimate of drug-likeness (QED) is 0.354. The fourth-order valence-electron chi connectivity index (χ4n) is 3.64. The van der Waals surface area contributed by atoms with Crippen LogP contribution >= 0.6 is 11.8 Å². The highest BCUT2D eigenvalue weighted by molar-refractivity contribution is 8.00. The van der Waals surface area contributed by atoms with Crippen LogP contribution in [0.1, 0.15) is 58.3 Å². The highest BCUT2D eigenvalue weighted by Gasteiger charge is 2.34. The van der Waals surface area contributed by atoms with E-state index in [1.165, 1.54) is 0 Å². The Labute approximate surface area is 178 Å². The standard InChI is InChI=1S/C23H34O5S/c1-2-27-23(26)13-9-4-3-8-12-20-21(25)14-15-22(20)29-17-18(24)16-28-19-10-6-5-7-11-19/h5-7,10-11,18,20,22,24H,2-4,8-9,12-17H2,1H3/t18-,20-,22+/m1/s1. The van der Waals surface area contributed by atoms with Crippen LogP contribution in [0.2, 0.25) is 0 Å². The smallest absolute Gasteiger partial charge is 0.305 e. The molecule has 0 bridgehead atoms. The van der Waals surface area contributed by atoms with Gasteiger partial charge in [0.25, 0.3) is 0 Å². The second kappa shape index (κ2) is 13.6. The number of para-hydroxylation sites is 1. The molecule has 1 saturated carbocycles. The van der Waals surface area contributed by atoms with Crippen LogP contribution in [0.4, 0.5) is 0 Å². The van der Waals surface area contributed by atoms with Crippen molar-refractivity contribution in [2.45, 2.75) is 69.6 Å². The molecule has 1 aromatic rings. The Morgan fingerprint density at radius 1 is 1.21 bits per heavy atom. The number of esters is 1. The predicted molar refractivity (Wildman–Crippen MR) is 116 cm³/mol. The molecular weight excluding hydrogens is 388 g/mol. The maximum atomic E-state index is 12.3. The number of hydrogen-bond acceptors (Lipinski definition) is 6. The average Bonchev–Trinajstić information content (AvgIpc) is 3.08. The number of ketones is 1. The molecule has 2 rings (SSSR count). The Balaban J connectivity index is 1.60. The van der Waals surface area contributed by atoms with E-state index in [9.17, 15) is 14.7 Å². The van der Waals surface area contributed by atoms with E-state index >= 15 is 0 Å². The van der Waals surface area contributed by atoms with Gasteiger partial charge < -0.3 is 14.6 Å². The van der Waals surface area contributed by atoms with Gasteiger partial charge in [-0.25, -0.2) is 0 Å². The normalized spacial score (nSPS) is 19.9. The number of hydrogen-bond donors (Lipinski definition) is 1. The lowest BCUT2D eigenvalue weighted by molar-refractivity contribution is -0.143. The van der Waals surface area contributed by atoms with E-state index in [-0.39, 0.29) is 18.5 Å². The van der Waals surface area contributed by atoms with E-state index in [4.69, 9.17) is 9.47 Å². The molecule has 0 saturated heterocycles. The van der Waals surface area contributed by atoms with Gasteiger partial charge in [-0.2, -0.15) is 11.8 Å². The van der Waals surface area contributed by atoms with Crippen LogP contribution in [0.25, 0.3) is 0 Å². The zero-order chi connectivity index (χ0) is 20.9. The zero-order valence-corrected chi connectivity index (χ0v) is 18.2. The summed E-state index contributed by atoms with van der Waals surface area (Å²) in [5.74, 6) is 1.69. The Morgan fingerprint density at radius 2 is 1.97 bits per heavy atom. The summed E-state index contributed by atoms with van der Waals surface area (Å²) in [5.41, 5.74) is 0. The molecule has 0 unspecified atom stereocenters. The molecule has 6 heteroatoms. The summed E-state index contributed by atoms with van der Waals surface area (Å²) in [6, 6.07) is 9.48. The van der Waals surface area contributed by atoms with Gasteiger partial charge in [-0.3, -0.25) is 9.59 Å². The number of rotatable bonds is 14. The van der Waals surface area contributed by atoms with Crippen LogP contribution in [-0.2, 0) is 14.3 Å². The first-order valence-corrected chi connectivity index (χ1v) is 11.8. The summed E-state index contributed by atoms with van der Waals surface area (Å²) < 4.78 is 10.5. The van der Waals surface area contributed by atoms with Crippen molar-refractivity contribution in [2.75, 3.05) is 19.0 Å². The number of thioether (sulfide) groups is 1. The Morgan fingerprint density at radius 3 is 2.72 bits per heavy atom. The lowest BCUT2D eigenvalue weighted by atomic mass is 9.98. The van der Waals surface area contributed by atoms with Crippen molar-refractivity contribution < 1.29 is 24.2 Å². The van der Waals surface area contributed by atoms with Crippen molar-refractivity contribution in [3.63, 3.8) is 0 Å². The molecule has 0 aliphatic heterocycles. The highest BCUT2D eigenvalue weighted by atomic mass is 32.2. The van der Waals surface area contributed by atoms with Gasteiger partial charge in [-0.1, -0.05) is 37.5 Å². The molecule has 1 aliphatic carbocycles. The second-order valence-corrected chi connectivity index (χ2v) is 8.79. The largest absolute Gasteiger partial charge is 0.491 e. The predicted octanol–water partition coefficient (Wildman–Crippen LogP) is 4.41. The lowest BCUT2D eigenvalue weighted by Crippen LogP contribution is -2.24. The third-order valence-corrected chi connectivity index (χ3v) is 6.75. The SMILES string of the molecule is CCOC(=O)CCCCCC[C@@H]1C(=O)CC[C@@H]1SC[C@H](O)COc1ccccc1. The van der Waals surface area contributed by atoms with E-state index in [1.54, 1.807) is 11.8 Å². The van der Waals surface area contributed by atoms with Crippen molar-refractivity contribution in [1.82, 2.24) is 0 Å². The number of aliphatic hydroxyl groups excluding tert-OH is 1. The van der Waals surface area contributed by atoms with Gasteiger partial charge in [0.2, 0.25) is 0 Å². The van der Waals surface area contributed by atoms with Crippen molar-refractivity contribution in [3.8, 4) is 5.75 Å². The molecule has 0 radical (unpaired) electrons. The van der Waals surface area contributed by atoms with Gasteiger partial charge in [0.05, 0.1) is 12.7 Å². The molecule has 0 heterocycles. The first-order valence-electron chi connectivity index (χ1n) is 10.8. The topological polar surface area (TPSA) is 72.8 Å². The number of aliphatic hydroxyl groups is 1. The Kier molecular flexibility index (Phi) is 11.2. The van der Waals surface area contributed by atoms with Crippen LogP contribution in [0, 0.1) is 5.92 Å². The number of ether oxygens (including phenoxy) is 2. The van der Waals surface area contributed by atoms with Gasteiger partial charge in [0.15, 0.2) is 0 Å². The summed E-state index contributed by atoms with van der Waals surface area (Å²) in [4.78, 5) is 23.6. The minimum Gasteiger partial charge on any atom is -0.491 e. The second-order valence-electron chi connectivity index (χ2n) is 7.52. The fraction of sp³-hybridized carbons (Fsp3) is 0.652. The fourth-order valence-corrected chi connectivity index (χ4v) is 5.01. The van der Waals surface area contributed by atoms with E-state index < -0.39 is 6.10 Å². The highest BCUT2D eigenvalue weighted by Crippen LogP contribution is 2.36. The molecular formula is C23H34O5S. The summed E-state index contributed by atoms with van der Waals surface area (Å²) in [7, 11) is 0. The number of unbranched alkanes of at least 4 members (excludes halogenated alkanes) is 3. The van der Waals surface area contributed by atoms with E-state index in [1.807, 2.05) is 37.3 Å². The monoisotopic (exact) mass is 422 g/mol. The summed E-state index contributed by atoms with van der Waals surface area (Å²) in [6.07, 6.45) is 6.30. The van der Waals surface area contributed by atoms with Crippen LogP contribution in [0.3, 0.4) is 0 Å². The molecule has 0 spiro atoms.